The molecule has 1 aliphatic heterocycles. The van der Waals surface area contributed by atoms with Crippen molar-refractivity contribution in [1.29, 1.82) is 0 Å². The van der Waals surface area contributed by atoms with Crippen molar-refractivity contribution in [2.24, 2.45) is 5.92 Å². The summed E-state index contributed by atoms with van der Waals surface area (Å²) in [6.07, 6.45) is 1.91. The van der Waals surface area contributed by atoms with Crippen LogP contribution in [0, 0.1) is 5.92 Å². The molecule has 0 aliphatic carbocycles. The van der Waals surface area contributed by atoms with E-state index in [2.05, 4.69) is 11.8 Å². The summed E-state index contributed by atoms with van der Waals surface area (Å²) in [5, 5.41) is 10.2. The van der Waals surface area contributed by atoms with E-state index >= 15 is 0 Å². The van der Waals surface area contributed by atoms with Crippen LogP contribution in [0.3, 0.4) is 0 Å². The number of ether oxygens (including phenoxy) is 2. The second-order valence-corrected chi connectivity index (χ2v) is 6.39. The first kappa shape index (κ1) is 17.8. The summed E-state index contributed by atoms with van der Waals surface area (Å²) >= 11 is 0. The van der Waals surface area contributed by atoms with Crippen LogP contribution in [-0.4, -0.2) is 55.2 Å². The molecule has 2 atom stereocenters. The van der Waals surface area contributed by atoms with Gasteiger partial charge in [0.05, 0.1) is 7.11 Å². The van der Waals surface area contributed by atoms with Crippen LogP contribution in [0.4, 0.5) is 0 Å². The highest BCUT2D eigenvalue weighted by molar-refractivity contribution is 5.94. The predicted molar refractivity (Wildman–Crippen MR) is 89.3 cm³/mol. The molecule has 1 aliphatic rings. The van der Waals surface area contributed by atoms with Crippen LogP contribution in [-0.2, 0) is 0 Å². The van der Waals surface area contributed by atoms with E-state index in [0.29, 0.717) is 29.5 Å². The van der Waals surface area contributed by atoms with Crippen molar-refractivity contribution in [3.05, 3.63) is 23.8 Å². The summed E-state index contributed by atoms with van der Waals surface area (Å²) in [5.74, 6) is 1.73. The molecule has 1 aromatic rings. The molecule has 2 rings (SSSR count). The molecular weight excluding hydrogens is 294 g/mol. The van der Waals surface area contributed by atoms with Gasteiger partial charge in [-0.05, 0) is 50.4 Å². The molecule has 5 nitrogen and oxygen atoms in total. The maximum Gasteiger partial charge on any atom is 0.161 e. The van der Waals surface area contributed by atoms with Crippen molar-refractivity contribution in [3.63, 3.8) is 0 Å². The zero-order chi connectivity index (χ0) is 16.8. The molecule has 0 aromatic heterocycles. The number of hydrogen-bond donors (Lipinski definition) is 1. The predicted octanol–water partition coefficient (Wildman–Crippen LogP) is 2.37. The highest BCUT2D eigenvalue weighted by Crippen LogP contribution is 2.28. The largest absolute Gasteiger partial charge is 0.493 e. The van der Waals surface area contributed by atoms with E-state index in [4.69, 9.17) is 9.47 Å². The van der Waals surface area contributed by atoms with Crippen molar-refractivity contribution in [3.8, 4) is 11.5 Å². The first-order valence-corrected chi connectivity index (χ1v) is 8.21. The minimum Gasteiger partial charge on any atom is -0.493 e. The Morgan fingerprint density at radius 1 is 1.43 bits per heavy atom. The van der Waals surface area contributed by atoms with Gasteiger partial charge in [-0.1, -0.05) is 6.92 Å². The Balaban J connectivity index is 1.88. The zero-order valence-electron chi connectivity index (χ0n) is 14.2. The average molecular weight is 321 g/mol. The fourth-order valence-corrected chi connectivity index (χ4v) is 3.00. The van der Waals surface area contributed by atoms with E-state index in [0.717, 1.165) is 13.1 Å². The van der Waals surface area contributed by atoms with Gasteiger partial charge in [-0.2, -0.15) is 0 Å². The number of hydrogen-bond acceptors (Lipinski definition) is 5. The molecule has 1 N–H and O–H groups in total. The molecule has 1 heterocycles. The number of ketones is 1. The van der Waals surface area contributed by atoms with Gasteiger partial charge >= 0.3 is 0 Å². The third kappa shape index (κ3) is 5.22. The topological polar surface area (TPSA) is 59.0 Å². The van der Waals surface area contributed by atoms with E-state index in [1.807, 2.05) is 0 Å². The van der Waals surface area contributed by atoms with Gasteiger partial charge in [0.2, 0.25) is 0 Å². The summed E-state index contributed by atoms with van der Waals surface area (Å²) in [7, 11) is 1.54. The van der Waals surface area contributed by atoms with Crippen LogP contribution in [0.15, 0.2) is 18.2 Å². The van der Waals surface area contributed by atoms with E-state index in [1.54, 1.807) is 18.2 Å². The zero-order valence-corrected chi connectivity index (χ0v) is 14.2. The van der Waals surface area contributed by atoms with E-state index in [9.17, 15) is 9.90 Å². The standard InChI is InChI=1S/C18H27NO4/c1-13-5-4-8-19(10-13)11-16(21)12-23-17-7-6-15(14(2)20)9-18(17)22-3/h6-7,9,13,16,21H,4-5,8,10-12H2,1-3H3/t13-,16-/m0/s1. The molecular formula is C18H27NO4. The molecule has 1 fully saturated rings. The van der Waals surface area contributed by atoms with Crippen LogP contribution in [0.5, 0.6) is 11.5 Å². The number of aliphatic hydroxyl groups excluding tert-OH is 1. The Morgan fingerprint density at radius 3 is 2.87 bits per heavy atom. The van der Waals surface area contributed by atoms with Crippen LogP contribution in [0.2, 0.25) is 0 Å². The minimum absolute atomic E-state index is 0.0193. The maximum absolute atomic E-state index is 11.4. The van der Waals surface area contributed by atoms with Gasteiger partial charge in [0.15, 0.2) is 17.3 Å². The molecule has 0 spiro atoms. The first-order chi connectivity index (χ1) is 11.0. The normalized spacial score (nSPS) is 20.1. The maximum atomic E-state index is 11.4. The number of carbonyl (C=O) groups excluding carboxylic acids is 1. The summed E-state index contributed by atoms with van der Waals surface area (Å²) in [4.78, 5) is 13.7. The van der Waals surface area contributed by atoms with Crippen molar-refractivity contribution in [1.82, 2.24) is 4.90 Å². The summed E-state index contributed by atoms with van der Waals surface area (Å²) in [5.41, 5.74) is 0.581. The lowest BCUT2D eigenvalue weighted by molar-refractivity contribution is 0.0529. The number of piperidine rings is 1. The van der Waals surface area contributed by atoms with Crippen LogP contribution < -0.4 is 9.47 Å². The van der Waals surface area contributed by atoms with Gasteiger partial charge in [-0.15, -0.1) is 0 Å². The molecule has 0 radical (unpaired) electrons. The molecule has 128 valence electrons. The highest BCUT2D eigenvalue weighted by atomic mass is 16.5. The van der Waals surface area contributed by atoms with Crippen LogP contribution in [0.1, 0.15) is 37.0 Å². The van der Waals surface area contributed by atoms with Gasteiger partial charge < -0.3 is 19.5 Å². The summed E-state index contributed by atoms with van der Waals surface area (Å²) in [6, 6.07) is 5.08. The monoisotopic (exact) mass is 321 g/mol. The number of methoxy groups -OCH3 is 1. The second kappa shape index (κ2) is 8.31. The van der Waals surface area contributed by atoms with E-state index < -0.39 is 6.10 Å². The van der Waals surface area contributed by atoms with Gasteiger partial charge in [0, 0.05) is 18.7 Å². The Kier molecular flexibility index (Phi) is 6.42. The van der Waals surface area contributed by atoms with Gasteiger partial charge in [-0.3, -0.25) is 4.79 Å². The average Bonchev–Trinajstić information content (AvgIpc) is 2.52. The number of nitrogens with zero attached hydrogens (tertiary/aromatic N) is 1. The lowest BCUT2D eigenvalue weighted by atomic mass is 10.0. The third-order valence-corrected chi connectivity index (χ3v) is 4.21. The smallest absolute Gasteiger partial charge is 0.161 e. The molecule has 1 aromatic carbocycles. The van der Waals surface area contributed by atoms with E-state index in [-0.39, 0.29) is 12.4 Å². The second-order valence-electron chi connectivity index (χ2n) is 6.39. The first-order valence-electron chi connectivity index (χ1n) is 8.21. The molecule has 5 heteroatoms. The van der Waals surface area contributed by atoms with Gasteiger partial charge in [0.1, 0.15) is 12.7 Å². The van der Waals surface area contributed by atoms with Crippen molar-refractivity contribution < 1.29 is 19.4 Å². The fraction of sp³-hybridized carbons (Fsp3) is 0.611. The van der Waals surface area contributed by atoms with E-state index in [1.165, 1.54) is 26.9 Å². The Morgan fingerprint density at radius 2 is 2.22 bits per heavy atom. The number of benzene rings is 1. The number of carbonyl (C=O) groups is 1. The highest BCUT2D eigenvalue weighted by Gasteiger charge is 2.19. The van der Waals surface area contributed by atoms with Crippen molar-refractivity contribution in [2.75, 3.05) is 33.4 Å². The summed E-state index contributed by atoms with van der Waals surface area (Å²) < 4.78 is 10.9. The molecule has 0 bridgehead atoms. The minimum atomic E-state index is -0.544. The molecule has 0 unspecified atom stereocenters. The Bertz CT molecular complexity index is 532. The van der Waals surface area contributed by atoms with Gasteiger partial charge in [-0.25, -0.2) is 0 Å². The molecule has 1 saturated heterocycles. The third-order valence-electron chi connectivity index (χ3n) is 4.21. The number of aliphatic hydroxyl groups is 1. The lowest BCUT2D eigenvalue weighted by Gasteiger charge is -2.32. The molecule has 23 heavy (non-hydrogen) atoms. The summed E-state index contributed by atoms with van der Waals surface area (Å²) in [6.45, 7) is 6.67. The number of Topliss-reactive ketones (excluding diaryl/α,β-unsaturated/α-hetero) is 1. The molecule has 0 saturated carbocycles. The van der Waals surface area contributed by atoms with Crippen molar-refractivity contribution in [2.45, 2.75) is 32.8 Å². The lowest BCUT2D eigenvalue weighted by Crippen LogP contribution is -2.41. The Hall–Kier alpha value is -1.59. The molecule has 0 amide bonds. The van der Waals surface area contributed by atoms with Gasteiger partial charge in [0.25, 0.3) is 0 Å². The van der Waals surface area contributed by atoms with Crippen LogP contribution >= 0.6 is 0 Å². The van der Waals surface area contributed by atoms with Crippen molar-refractivity contribution >= 4 is 5.78 Å². The van der Waals surface area contributed by atoms with Crippen LogP contribution in [0.25, 0.3) is 0 Å². The quantitative estimate of drug-likeness (QED) is 0.781. The fourth-order valence-electron chi connectivity index (χ4n) is 3.00. The number of rotatable bonds is 7. The SMILES string of the molecule is COc1cc(C(C)=O)ccc1OC[C@@H](O)CN1CCC[C@H](C)C1. The number of likely N-dealkylation sites (tertiary alicyclic amines) is 1. The number of β-amino-alcohol motifs (C(OH)–C–C–N with tert-alkyl or cyclic N) is 1. The Labute approximate surface area is 138 Å².